The summed E-state index contributed by atoms with van der Waals surface area (Å²) >= 11 is 5.46. The lowest BCUT2D eigenvalue weighted by atomic mass is 9.90. The third-order valence-electron chi connectivity index (χ3n) is 1.63. The summed E-state index contributed by atoms with van der Waals surface area (Å²) in [6.45, 7) is -5.11. The van der Waals surface area contributed by atoms with Crippen LogP contribution in [0.2, 0.25) is 5.02 Å². The molecule has 1 aromatic carbocycles. The number of phenols is 2. The summed E-state index contributed by atoms with van der Waals surface area (Å²) in [5, 5.41) is 18.3. The molecule has 1 rings (SSSR count). The molecule has 0 heterocycles. The maximum absolute atomic E-state index is 11.9. The number of halogens is 4. The second kappa shape index (κ2) is 4.06. The van der Waals surface area contributed by atoms with Crippen LogP contribution in [0.25, 0.3) is 6.08 Å². The number of hydrogen-bond donors (Lipinski definition) is 2. The maximum Gasteiger partial charge on any atom is 0.502 e. The highest BCUT2D eigenvalue weighted by atomic mass is 35.5. The molecule has 7 heteroatoms. The predicted octanol–water partition coefficient (Wildman–Crippen LogP) is 3.15. The summed E-state index contributed by atoms with van der Waals surface area (Å²) in [4.78, 5) is 0. The summed E-state index contributed by atoms with van der Waals surface area (Å²) < 4.78 is 35.7. The highest BCUT2D eigenvalue weighted by Crippen LogP contribution is 2.35. The van der Waals surface area contributed by atoms with Gasteiger partial charge in [0.15, 0.2) is 0 Å². The molecule has 0 aliphatic heterocycles. The van der Waals surface area contributed by atoms with E-state index in [1.54, 1.807) is 0 Å². The van der Waals surface area contributed by atoms with E-state index in [0.29, 0.717) is 6.08 Å². The Labute approximate surface area is 88.7 Å². The average Bonchev–Trinajstić information content (AvgIpc) is 2.10. The Morgan fingerprint density at radius 2 is 1.80 bits per heavy atom. The first kappa shape index (κ1) is 11.8. The van der Waals surface area contributed by atoms with Crippen LogP contribution in [0.5, 0.6) is 11.5 Å². The zero-order valence-corrected chi connectivity index (χ0v) is 8.05. The molecule has 82 valence electrons. The van der Waals surface area contributed by atoms with Crippen LogP contribution in [-0.2, 0) is 0 Å². The second-order valence-corrected chi connectivity index (χ2v) is 3.22. The van der Waals surface area contributed by atoms with Crippen molar-refractivity contribution >= 4 is 24.7 Å². The lowest BCUT2D eigenvalue weighted by Gasteiger charge is -2.08. The zero-order chi connectivity index (χ0) is 11.6. The molecule has 0 saturated carbocycles. The van der Waals surface area contributed by atoms with E-state index < -0.39 is 18.5 Å². The molecule has 2 N–H and O–H groups in total. The Morgan fingerprint density at radius 3 is 2.33 bits per heavy atom. The van der Waals surface area contributed by atoms with Crippen molar-refractivity contribution in [2.24, 2.45) is 0 Å². The van der Waals surface area contributed by atoms with Gasteiger partial charge in [-0.2, -0.15) is 0 Å². The number of aromatic hydroxyl groups is 2. The first-order chi connectivity index (χ1) is 6.81. The van der Waals surface area contributed by atoms with Gasteiger partial charge >= 0.3 is 6.98 Å². The van der Waals surface area contributed by atoms with E-state index in [0.717, 1.165) is 6.07 Å². The van der Waals surface area contributed by atoms with E-state index in [-0.39, 0.29) is 16.6 Å². The van der Waals surface area contributed by atoms with Crippen molar-refractivity contribution in [3.8, 4) is 11.5 Å². The Hall–Kier alpha value is -1.30. The van der Waals surface area contributed by atoms with Crippen LogP contribution >= 0.6 is 11.6 Å². The molecule has 0 bridgehead atoms. The van der Waals surface area contributed by atoms with Crippen molar-refractivity contribution in [3.05, 3.63) is 28.7 Å². The molecule has 0 spiro atoms. The molecule has 2 nitrogen and oxygen atoms in total. The lowest BCUT2D eigenvalue weighted by Crippen LogP contribution is -2.09. The Bertz CT molecular complexity index is 404. The summed E-state index contributed by atoms with van der Waals surface area (Å²) in [6.07, 6.45) is 0.580. The molecule has 0 fully saturated rings. The largest absolute Gasteiger partial charge is 0.507 e. The van der Waals surface area contributed by atoms with Gasteiger partial charge in [0, 0.05) is 0 Å². The lowest BCUT2D eigenvalue weighted by molar-refractivity contribution is 0.448. The van der Waals surface area contributed by atoms with E-state index in [2.05, 4.69) is 0 Å². The molecule has 0 aromatic heterocycles. The molecular weight excluding hydrogens is 231 g/mol. The smallest absolute Gasteiger partial charge is 0.502 e. The molecule has 0 amide bonds. The third kappa shape index (κ3) is 3.09. The van der Waals surface area contributed by atoms with Crippen LogP contribution in [0.1, 0.15) is 5.56 Å². The topological polar surface area (TPSA) is 40.5 Å². The van der Waals surface area contributed by atoms with E-state index in [9.17, 15) is 23.2 Å². The van der Waals surface area contributed by atoms with Gasteiger partial charge in [-0.15, -0.1) is 5.98 Å². The summed E-state index contributed by atoms with van der Waals surface area (Å²) in [6, 6.07) is 2.29. The standard InChI is InChI=1S/C8H6BClF3O2/c10-6-1-2-7(14)5(8(6)15)3-4-9(11,12)13/h1-4,14-15H/q-1/b4-3+. The molecular formula is C8H6BClF3O2-. The molecule has 15 heavy (non-hydrogen) atoms. The minimum Gasteiger partial charge on any atom is -0.507 e. The van der Waals surface area contributed by atoms with Crippen LogP contribution in [0.3, 0.4) is 0 Å². The van der Waals surface area contributed by atoms with Gasteiger partial charge in [0.05, 0.1) is 10.6 Å². The molecule has 0 unspecified atom stereocenters. The second-order valence-electron chi connectivity index (χ2n) is 2.81. The van der Waals surface area contributed by atoms with Crippen molar-refractivity contribution in [1.29, 1.82) is 0 Å². The first-order valence-corrected chi connectivity index (χ1v) is 4.28. The van der Waals surface area contributed by atoms with Gasteiger partial charge < -0.3 is 23.2 Å². The van der Waals surface area contributed by atoms with Crippen molar-refractivity contribution in [2.45, 2.75) is 0 Å². The van der Waals surface area contributed by atoms with Gasteiger partial charge in [0.1, 0.15) is 11.5 Å². The van der Waals surface area contributed by atoms with Gasteiger partial charge in [-0.3, -0.25) is 0 Å². The SMILES string of the molecule is Oc1ccc(Cl)c(O)c1/C=C/[B-](F)(F)F. The summed E-state index contributed by atoms with van der Waals surface area (Å²) in [5.41, 5.74) is -0.346. The minimum absolute atomic E-state index is 0.0366. The Balaban J connectivity index is 3.15. The van der Waals surface area contributed by atoms with Crippen molar-refractivity contribution in [1.82, 2.24) is 0 Å². The number of phenolic OH excluding ortho intramolecular Hbond substituents is 2. The number of rotatable bonds is 2. The van der Waals surface area contributed by atoms with E-state index in [1.807, 2.05) is 0 Å². The fraction of sp³-hybridized carbons (Fsp3) is 0. The summed E-state index contributed by atoms with van der Waals surface area (Å²) in [5.74, 6) is -1.08. The van der Waals surface area contributed by atoms with E-state index >= 15 is 0 Å². The molecule has 0 aliphatic rings. The summed E-state index contributed by atoms with van der Waals surface area (Å²) in [7, 11) is 0. The van der Waals surface area contributed by atoms with Crippen LogP contribution in [0.15, 0.2) is 18.1 Å². The van der Waals surface area contributed by atoms with Gasteiger partial charge in [-0.25, -0.2) is 0 Å². The molecule has 0 radical (unpaired) electrons. The van der Waals surface area contributed by atoms with Gasteiger partial charge in [-0.1, -0.05) is 17.7 Å². The van der Waals surface area contributed by atoms with Crippen LogP contribution < -0.4 is 0 Å². The van der Waals surface area contributed by atoms with Gasteiger partial charge in [0.25, 0.3) is 0 Å². The zero-order valence-electron chi connectivity index (χ0n) is 7.29. The first-order valence-electron chi connectivity index (χ1n) is 3.91. The van der Waals surface area contributed by atoms with Crippen molar-refractivity contribution in [2.75, 3.05) is 0 Å². The monoisotopic (exact) mass is 237 g/mol. The average molecular weight is 237 g/mol. The number of benzene rings is 1. The molecule has 0 atom stereocenters. The Kier molecular flexibility index (Phi) is 3.19. The van der Waals surface area contributed by atoms with Gasteiger partial charge in [0.2, 0.25) is 0 Å². The van der Waals surface area contributed by atoms with Crippen molar-refractivity contribution in [3.63, 3.8) is 0 Å². The molecule has 0 saturated heterocycles. The van der Waals surface area contributed by atoms with Crippen LogP contribution in [-0.4, -0.2) is 17.2 Å². The highest BCUT2D eigenvalue weighted by molar-refractivity contribution is 6.65. The molecule has 0 aliphatic carbocycles. The number of hydrogen-bond acceptors (Lipinski definition) is 2. The molecule has 1 aromatic rings. The normalized spacial score (nSPS) is 12.3. The van der Waals surface area contributed by atoms with Crippen molar-refractivity contribution < 1.29 is 23.2 Å². The van der Waals surface area contributed by atoms with E-state index in [1.165, 1.54) is 6.07 Å². The third-order valence-corrected chi connectivity index (χ3v) is 1.93. The van der Waals surface area contributed by atoms with Crippen LogP contribution in [0, 0.1) is 0 Å². The van der Waals surface area contributed by atoms with Gasteiger partial charge in [-0.05, 0) is 12.1 Å². The predicted molar refractivity (Wildman–Crippen MR) is 52.9 cm³/mol. The van der Waals surface area contributed by atoms with E-state index in [4.69, 9.17) is 11.6 Å². The Morgan fingerprint density at radius 1 is 1.20 bits per heavy atom. The fourth-order valence-electron chi connectivity index (χ4n) is 0.940. The quantitative estimate of drug-likeness (QED) is 0.776. The minimum atomic E-state index is -5.11. The maximum atomic E-state index is 11.9. The van der Waals surface area contributed by atoms with Crippen LogP contribution in [0.4, 0.5) is 12.9 Å². The fourth-order valence-corrected chi connectivity index (χ4v) is 1.11. The highest BCUT2D eigenvalue weighted by Gasteiger charge is 2.18.